The van der Waals surface area contributed by atoms with Crippen LogP contribution in [0.5, 0.6) is 0 Å². The van der Waals surface area contributed by atoms with Crippen molar-refractivity contribution in [2.45, 2.75) is 0 Å². The number of carboxylic acid groups (broad SMARTS) is 1. The molecule has 2 N–H and O–H groups in total. The first-order chi connectivity index (χ1) is 7.16. The van der Waals surface area contributed by atoms with Crippen molar-refractivity contribution < 1.29 is 9.90 Å². The summed E-state index contributed by atoms with van der Waals surface area (Å²) in [4.78, 5) is 10.8. The van der Waals surface area contributed by atoms with E-state index in [2.05, 4.69) is 5.32 Å². The fourth-order valence-corrected chi connectivity index (χ4v) is 1.42. The number of benzene rings is 1. The van der Waals surface area contributed by atoms with Gasteiger partial charge in [-0.15, -0.1) is 0 Å². The molecule has 0 saturated carbocycles. The van der Waals surface area contributed by atoms with Crippen LogP contribution in [0.15, 0.2) is 24.3 Å². The molecule has 4 heteroatoms. The number of likely N-dealkylation sites (N-methyl/N-ethyl adjacent to an activating group) is 1. The Morgan fingerprint density at radius 1 is 1.60 bits per heavy atom. The Morgan fingerprint density at radius 2 is 2.33 bits per heavy atom. The molecule has 1 aromatic rings. The van der Waals surface area contributed by atoms with Gasteiger partial charge in [0.2, 0.25) is 0 Å². The first-order valence-electron chi connectivity index (χ1n) is 4.49. The van der Waals surface area contributed by atoms with Gasteiger partial charge in [-0.05, 0) is 18.7 Å². The van der Waals surface area contributed by atoms with Gasteiger partial charge in [0.1, 0.15) is 0 Å². The van der Waals surface area contributed by atoms with Crippen LogP contribution in [0, 0.1) is 0 Å². The molecule has 0 spiro atoms. The molecule has 0 saturated heterocycles. The van der Waals surface area contributed by atoms with Crippen LogP contribution in [0.1, 0.15) is 15.9 Å². The molecule has 3 nitrogen and oxygen atoms in total. The molecule has 0 atom stereocenters. The Balaban J connectivity index is 2.99. The van der Waals surface area contributed by atoms with Crippen molar-refractivity contribution >= 4 is 23.6 Å². The molecule has 0 bridgehead atoms. The molecule has 0 fully saturated rings. The van der Waals surface area contributed by atoms with Crippen molar-refractivity contribution in [3.63, 3.8) is 0 Å². The summed E-state index contributed by atoms with van der Waals surface area (Å²) in [6.45, 7) is 0.716. The van der Waals surface area contributed by atoms with Crippen molar-refractivity contribution in [3.05, 3.63) is 40.4 Å². The number of rotatable bonds is 4. The highest BCUT2D eigenvalue weighted by Gasteiger charge is 2.09. The molecule has 0 aliphatic carbocycles. The molecule has 1 rings (SSSR count). The minimum Gasteiger partial charge on any atom is -0.478 e. The van der Waals surface area contributed by atoms with Crippen LogP contribution in [0.2, 0.25) is 5.02 Å². The second kappa shape index (κ2) is 5.53. The molecule has 0 aliphatic rings. The fraction of sp³-hybridized carbons (Fsp3) is 0.182. The van der Waals surface area contributed by atoms with Gasteiger partial charge in [-0.3, -0.25) is 0 Å². The Hall–Kier alpha value is -1.32. The van der Waals surface area contributed by atoms with Gasteiger partial charge in [-0.2, -0.15) is 0 Å². The first-order valence-corrected chi connectivity index (χ1v) is 4.87. The van der Waals surface area contributed by atoms with E-state index in [1.54, 1.807) is 18.2 Å². The van der Waals surface area contributed by atoms with Gasteiger partial charge in [-0.25, -0.2) is 4.79 Å². The third kappa shape index (κ3) is 3.08. The normalized spacial score (nSPS) is 10.8. The summed E-state index contributed by atoms with van der Waals surface area (Å²) in [5, 5.41) is 12.1. The summed E-state index contributed by atoms with van der Waals surface area (Å²) >= 11 is 5.93. The third-order valence-corrected chi connectivity index (χ3v) is 2.30. The van der Waals surface area contributed by atoms with Gasteiger partial charge >= 0.3 is 5.97 Å². The lowest BCUT2D eigenvalue weighted by molar-refractivity contribution is 0.0697. The molecular weight excluding hydrogens is 214 g/mol. The number of halogens is 1. The molecule has 1 aromatic carbocycles. The molecule has 15 heavy (non-hydrogen) atoms. The summed E-state index contributed by atoms with van der Waals surface area (Å²) in [6.07, 6.45) is 3.68. The average Bonchev–Trinajstić information content (AvgIpc) is 2.20. The summed E-state index contributed by atoms with van der Waals surface area (Å²) in [6, 6.07) is 4.94. The zero-order valence-corrected chi connectivity index (χ0v) is 9.08. The monoisotopic (exact) mass is 225 g/mol. The van der Waals surface area contributed by atoms with Crippen LogP contribution in [0.3, 0.4) is 0 Å². The maximum atomic E-state index is 10.8. The van der Waals surface area contributed by atoms with Crippen LogP contribution in [-0.2, 0) is 0 Å². The van der Waals surface area contributed by atoms with E-state index >= 15 is 0 Å². The smallest absolute Gasteiger partial charge is 0.337 e. The molecule has 0 aromatic heterocycles. The van der Waals surface area contributed by atoms with Gasteiger partial charge in [0.25, 0.3) is 0 Å². The minimum absolute atomic E-state index is 0.128. The maximum Gasteiger partial charge on any atom is 0.337 e. The Morgan fingerprint density at radius 3 is 2.93 bits per heavy atom. The average molecular weight is 226 g/mol. The quantitative estimate of drug-likeness (QED) is 0.827. The topological polar surface area (TPSA) is 49.3 Å². The van der Waals surface area contributed by atoms with Gasteiger partial charge in [0, 0.05) is 6.54 Å². The van der Waals surface area contributed by atoms with E-state index in [-0.39, 0.29) is 10.6 Å². The van der Waals surface area contributed by atoms with Crippen molar-refractivity contribution in [1.29, 1.82) is 0 Å². The standard InChI is InChI=1S/C11H12ClNO2/c1-13-7-3-5-8-4-2-6-9(10(8)12)11(14)15/h2-6,13H,7H2,1H3,(H,14,15). The van der Waals surface area contributed by atoms with E-state index in [9.17, 15) is 4.79 Å². The maximum absolute atomic E-state index is 10.8. The second-order valence-electron chi connectivity index (χ2n) is 2.97. The van der Waals surface area contributed by atoms with Crippen LogP contribution in [0.25, 0.3) is 6.08 Å². The predicted octanol–water partition coefficient (Wildman–Crippen LogP) is 2.27. The molecular formula is C11H12ClNO2. The van der Waals surface area contributed by atoms with Crippen LogP contribution in [-0.4, -0.2) is 24.7 Å². The molecule has 0 aliphatic heterocycles. The third-order valence-electron chi connectivity index (χ3n) is 1.88. The van der Waals surface area contributed by atoms with Gasteiger partial charge in [-0.1, -0.05) is 35.9 Å². The number of aromatic carboxylic acids is 1. The zero-order chi connectivity index (χ0) is 11.3. The Bertz CT molecular complexity index is 388. The lowest BCUT2D eigenvalue weighted by atomic mass is 10.1. The largest absolute Gasteiger partial charge is 0.478 e. The highest BCUT2D eigenvalue weighted by atomic mass is 35.5. The summed E-state index contributed by atoms with van der Waals surface area (Å²) in [7, 11) is 1.83. The highest BCUT2D eigenvalue weighted by Crippen LogP contribution is 2.22. The fourth-order valence-electron chi connectivity index (χ4n) is 1.15. The van der Waals surface area contributed by atoms with Crippen molar-refractivity contribution in [2.75, 3.05) is 13.6 Å². The molecule has 0 radical (unpaired) electrons. The van der Waals surface area contributed by atoms with E-state index in [4.69, 9.17) is 16.7 Å². The van der Waals surface area contributed by atoms with E-state index in [0.29, 0.717) is 12.1 Å². The first kappa shape index (κ1) is 11.8. The van der Waals surface area contributed by atoms with E-state index in [1.807, 2.05) is 13.1 Å². The SMILES string of the molecule is CNCC=Cc1cccc(C(=O)O)c1Cl. The van der Waals surface area contributed by atoms with E-state index in [0.717, 1.165) is 0 Å². The minimum atomic E-state index is -1.01. The summed E-state index contributed by atoms with van der Waals surface area (Å²) < 4.78 is 0. The lowest BCUT2D eigenvalue weighted by Gasteiger charge is -2.02. The number of nitrogens with one attached hydrogen (secondary N) is 1. The number of hydrogen-bond acceptors (Lipinski definition) is 2. The number of hydrogen-bond donors (Lipinski definition) is 2. The van der Waals surface area contributed by atoms with Crippen molar-refractivity contribution in [2.24, 2.45) is 0 Å². The number of carboxylic acids is 1. The molecule has 0 unspecified atom stereocenters. The predicted molar refractivity (Wildman–Crippen MR) is 61.4 cm³/mol. The van der Waals surface area contributed by atoms with Crippen molar-refractivity contribution in [1.82, 2.24) is 5.32 Å². The van der Waals surface area contributed by atoms with Crippen LogP contribution >= 0.6 is 11.6 Å². The lowest BCUT2D eigenvalue weighted by Crippen LogP contribution is -2.03. The van der Waals surface area contributed by atoms with Gasteiger partial charge in [0.05, 0.1) is 10.6 Å². The summed E-state index contributed by atoms with van der Waals surface area (Å²) in [5.41, 5.74) is 0.843. The molecule has 0 heterocycles. The van der Waals surface area contributed by atoms with Crippen molar-refractivity contribution in [3.8, 4) is 0 Å². The zero-order valence-electron chi connectivity index (χ0n) is 8.33. The van der Waals surface area contributed by atoms with Gasteiger partial charge in [0.15, 0.2) is 0 Å². The summed E-state index contributed by atoms with van der Waals surface area (Å²) in [5.74, 6) is -1.01. The second-order valence-corrected chi connectivity index (χ2v) is 3.35. The number of carbonyl (C=O) groups is 1. The molecule has 80 valence electrons. The Kier molecular flexibility index (Phi) is 4.34. The highest BCUT2D eigenvalue weighted by molar-refractivity contribution is 6.34. The van der Waals surface area contributed by atoms with Crippen LogP contribution < -0.4 is 5.32 Å². The van der Waals surface area contributed by atoms with Crippen LogP contribution in [0.4, 0.5) is 0 Å². The van der Waals surface area contributed by atoms with Gasteiger partial charge < -0.3 is 10.4 Å². The Labute approximate surface area is 93.4 Å². The molecule has 0 amide bonds. The van der Waals surface area contributed by atoms with E-state index in [1.165, 1.54) is 6.07 Å². The van der Waals surface area contributed by atoms with E-state index < -0.39 is 5.97 Å².